The van der Waals surface area contributed by atoms with Gasteiger partial charge < -0.3 is 0 Å². The number of hydrogen-bond acceptors (Lipinski definition) is 2. The van der Waals surface area contributed by atoms with Crippen molar-refractivity contribution in [2.45, 2.75) is 57.3 Å². The number of nitrogens with two attached hydrogens (primary N) is 1. The second-order valence-corrected chi connectivity index (χ2v) is 6.32. The first kappa shape index (κ1) is 15.2. The van der Waals surface area contributed by atoms with Gasteiger partial charge in [-0.15, -0.1) is 0 Å². The monoisotopic (exact) mass is 269 g/mol. The predicted octanol–water partition coefficient (Wildman–Crippen LogP) is 3.19. The van der Waals surface area contributed by atoms with Gasteiger partial charge in [-0.1, -0.05) is 39.3 Å². The number of aryl methyl sites for hydroxylation is 1. The molecule has 0 radical (unpaired) electrons. The van der Waals surface area contributed by atoms with Gasteiger partial charge in [-0.05, 0) is 42.4 Å². The minimum Gasteiger partial charge on any atom is -0.225 e. The molecule has 1 rings (SSSR count). The van der Waals surface area contributed by atoms with Crippen LogP contribution in [0.15, 0.2) is 23.1 Å². The third kappa shape index (κ3) is 3.56. The maximum atomic E-state index is 11.7. The largest absolute Gasteiger partial charge is 0.238 e. The van der Waals surface area contributed by atoms with Crippen LogP contribution in [0.5, 0.6) is 0 Å². The van der Waals surface area contributed by atoms with Crippen LogP contribution in [-0.2, 0) is 16.4 Å². The Balaban J connectivity index is 3.35. The lowest BCUT2D eigenvalue weighted by atomic mass is 9.91. The van der Waals surface area contributed by atoms with Gasteiger partial charge in [0.2, 0.25) is 10.0 Å². The Kier molecular flexibility index (Phi) is 5.35. The van der Waals surface area contributed by atoms with Crippen LogP contribution < -0.4 is 5.14 Å². The fourth-order valence-electron chi connectivity index (χ4n) is 2.19. The molecule has 0 amide bonds. The van der Waals surface area contributed by atoms with E-state index in [-0.39, 0.29) is 5.92 Å². The van der Waals surface area contributed by atoms with E-state index in [0.29, 0.717) is 4.90 Å². The van der Waals surface area contributed by atoms with Crippen molar-refractivity contribution >= 4 is 10.0 Å². The molecule has 1 atom stereocenters. The summed E-state index contributed by atoms with van der Waals surface area (Å²) in [5, 5.41) is 5.32. The van der Waals surface area contributed by atoms with Crippen LogP contribution >= 0.6 is 0 Å². The Morgan fingerprint density at radius 2 is 1.94 bits per heavy atom. The summed E-state index contributed by atoms with van der Waals surface area (Å²) in [6.07, 6.45) is 3.99. The number of rotatable bonds is 6. The third-order valence-electron chi connectivity index (χ3n) is 3.37. The van der Waals surface area contributed by atoms with Gasteiger partial charge in [0.25, 0.3) is 0 Å². The first-order chi connectivity index (χ1) is 8.41. The molecule has 0 fully saturated rings. The van der Waals surface area contributed by atoms with Gasteiger partial charge in [0.15, 0.2) is 0 Å². The Bertz CT molecular complexity index is 495. The van der Waals surface area contributed by atoms with Gasteiger partial charge in [-0.2, -0.15) is 0 Å². The van der Waals surface area contributed by atoms with Gasteiger partial charge in [-0.3, -0.25) is 0 Å². The SMILES string of the molecule is CCCCc1cccc(S(N)(=O)=O)c1C(C)CC. The van der Waals surface area contributed by atoms with E-state index in [1.165, 1.54) is 0 Å². The molecule has 18 heavy (non-hydrogen) atoms. The molecule has 0 saturated carbocycles. The summed E-state index contributed by atoms with van der Waals surface area (Å²) in [7, 11) is -3.64. The molecule has 0 spiro atoms. The zero-order valence-corrected chi connectivity index (χ0v) is 12.3. The molecule has 0 heterocycles. The molecular formula is C14H23NO2S. The van der Waals surface area contributed by atoms with Crippen molar-refractivity contribution < 1.29 is 8.42 Å². The summed E-state index contributed by atoms with van der Waals surface area (Å²) < 4.78 is 23.4. The minimum atomic E-state index is -3.64. The van der Waals surface area contributed by atoms with Crippen LogP contribution in [0.1, 0.15) is 57.1 Å². The summed E-state index contributed by atoms with van der Waals surface area (Å²) in [5.74, 6) is 0.214. The molecule has 0 bridgehead atoms. The quantitative estimate of drug-likeness (QED) is 0.862. The molecule has 2 N–H and O–H groups in total. The topological polar surface area (TPSA) is 60.2 Å². The smallest absolute Gasteiger partial charge is 0.225 e. The van der Waals surface area contributed by atoms with Crippen molar-refractivity contribution in [2.24, 2.45) is 5.14 Å². The molecule has 0 saturated heterocycles. The van der Waals surface area contributed by atoms with Crippen molar-refractivity contribution in [1.82, 2.24) is 0 Å². The van der Waals surface area contributed by atoms with E-state index >= 15 is 0 Å². The van der Waals surface area contributed by atoms with E-state index in [2.05, 4.69) is 20.8 Å². The number of unbranched alkanes of at least 4 members (excludes halogenated alkanes) is 1. The summed E-state index contributed by atoms with van der Waals surface area (Å²) >= 11 is 0. The minimum absolute atomic E-state index is 0.214. The molecule has 0 aliphatic heterocycles. The molecule has 102 valence electrons. The van der Waals surface area contributed by atoms with E-state index in [1.54, 1.807) is 12.1 Å². The molecule has 1 aromatic carbocycles. The fraction of sp³-hybridized carbons (Fsp3) is 0.571. The van der Waals surface area contributed by atoms with Crippen molar-refractivity contribution in [1.29, 1.82) is 0 Å². The second-order valence-electron chi connectivity index (χ2n) is 4.79. The third-order valence-corrected chi connectivity index (χ3v) is 4.34. The van der Waals surface area contributed by atoms with Crippen LogP contribution in [0.4, 0.5) is 0 Å². The first-order valence-electron chi connectivity index (χ1n) is 6.56. The van der Waals surface area contributed by atoms with Crippen molar-refractivity contribution in [3.63, 3.8) is 0 Å². The summed E-state index contributed by atoms with van der Waals surface area (Å²) in [4.78, 5) is 0.297. The fourth-order valence-corrected chi connectivity index (χ4v) is 3.09. The molecule has 0 aliphatic carbocycles. The predicted molar refractivity (Wildman–Crippen MR) is 75.1 cm³/mol. The molecule has 1 unspecified atom stereocenters. The highest BCUT2D eigenvalue weighted by atomic mass is 32.2. The number of benzene rings is 1. The van der Waals surface area contributed by atoms with Crippen LogP contribution in [0, 0.1) is 0 Å². The van der Waals surface area contributed by atoms with E-state index < -0.39 is 10.0 Å². The van der Waals surface area contributed by atoms with Crippen molar-refractivity contribution in [3.8, 4) is 0 Å². The highest BCUT2D eigenvalue weighted by Crippen LogP contribution is 2.30. The van der Waals surface area contributed by atoms with Crippen molar-refractivity contribution in [2.75, 3.05) is 0 Å². The molecule has 3 nitrogen and oxygen atoms in total. The van der Waals surface area contributed by atoms with Gasteiger partial charge in [0.05, 0.1) is 4.90 Å². The Morgan fingerprint density at radius 1 is 1.28 bits per heavy atom. The van der Waals surface area contributed by atoms with Crippen LogP contribution in [-0.4, -0.2) is 8.42 Å². The Labute approximate surface area is 110 Å². The Hall–Kier alpha value is -0.870. The first-order valence-corrected chi connectivity index (χ1v) is 8.11. The number of primary sulfonamides is 1. The highest BCUT2D eigenvalue weighted by Gasteiger charge is 2.20. The van der Waals surface area contributed by atoms with Crippen LogP contribution in [0.2, 0.25) is 0 Å². The van der Waals surface area contributed by atoms with Crippen molar-refractivity contribution in [3.05, 3.63) is 29.3 Å². The number of hydrogen-bond donors (Lipinski definition) is 1. The highest BCUT2D eigenvalue weighted by molar-refractivity contribution is 7.89. The standard InChI is InChI=1S/C14H23NO2S/c1-4-6-8-12-9-7-10-13(18(15,16)17)14(12)11(3)5-2/h7,9-11H,4-6,8H2,1-3H3,(H2,15,16,17). The van der Waals surface area contributed by atoms with E-state index in [0.717, 1.165) is 36.8 Å². The second kappa shape index (κ2) is 6.34. The van der Waals surface area contributed by atoms with E-state index in [4.69, 9.17) is 5.14 Å². The molecule has 4 heteroatoms. The summed E-state index contributed by atoms with van der Waals surface area (Å²) in [6, 6.07) is 5.43. The summed E-state index contributed by atoms with van der Waals surface area (Å²) in [6.45, 7) is 6.25. The zero-order valence-electron chi connectivity index (χ0n) is 11.4. The molecule has 0 aliphatic rings. The van der Waals surface area contributed by atoms with E-state index in [1.807, 2.05) is 6.07 Å². The van der Waals surface area contributed by atoms with E-state index in [9.17, 15) is 8.42 Å². The van der Waals surface area contributed by atoms with Gasteiger partial charge in [0, 0.05) is 0 Å². The molecule has 1 aromatic rings. The molecule has 0 aromatic heterocycles. The number of sulfonamides is 1. The average molecular weight is 269 g/mol. The lowest BCUT2D eigenvalue weighted by molar-refractivity contribution is 0.592. The maximum Gasteiger partial charge on any atom is 0.238 e. The van der Waals surface area contributed by atoms with Gasteiger partial charge in [0.1, 0.15) is 0 Å². The molecular weight excluding hydrogens is 246 g/mol. The van der Waals surface area contributed by atoms with Crippen LogP contribution in [0.25, 0.3) is 0 Å². The maximum absolute atomic E-state index is 11.7. The zero-order chi connectivity index (χ0) is 13.8. The van der Waals surface area contributed by atoms with Crippen LogP contribution in [0.3, 0.4) is 0 Å². The summed E-state index contributed by atoms with van der Waals surface area (Å²) in [5.41, 5.74) is 2.04. The normalized spacial score (nSPS) is 13.6. The van der Waals surface area contributed by atoms with Gasteiger partial charge in [-0.25, -0.2) is 13.6 Å². The average Bonchev–Trinajstić information content (AvgIpc) is 2.33. The lowest BCUT2D eigenvalue weighted by Gasteiger charge is -2.18. The lowest BCUT2D eigenvalue weighted by Crippen LogP contribution is -2.17. The van der Waals surface area contributed by atoms with Gasteiger partial charge >= 0.3 is 0 Å². The Morgan fingerprint density at radius 3 is 2.44 bits per heavy atom.